The van der Waals surface area contributed by atoms with Crippen LogP contribution in [0.5, 0.6) is 0 Å². The number of furan rings is 1. The average molecular weight is 800 g/mol. The summed E-state index contributed by atoms with van der Waals surface area (Å²) in [6.45, 7) is 0. The first-order chi connectivity index (χ1) is 33.6. The van der Waals surface area contributed by atoms with Crippen LogP contribution in [-0.2, 0) is 0 Å². The topological polar surface area (TPSA) is 56.7 Å². The summed E-state index contributed by atoms with van der Waals surface area (Å²) in [7, 11) is 0. The molecule has 290 valence electrons. The van der Waals surface area contributed by atoms with Gasteiger partial charge in [-0.05, 0) is 64.2 Å². The van der Waals surface area contributed by atoms with E-state index in [0.29, 0.717) is 28.5 Å². The van der Waals surface area contributed by atoms with Gasteiger partial charge >= 0.3 is 0 Å². The van der Waals surface area contributed by atoms with E-state index in [9.17, 15) is 1.37 Å². The molecule has 3 aromatic heterocycles. The van der Waals surface area contributed by atoms with Gasteiger partial charge in [0.2, 0.25) is 0 Å². The Bertz CT molecular complexity index is 4040. The Morgan fingerprint density at radius 1 is 0.371 bits per heavy atom. The number of rotatable bonds is 7. The summed E-state index contributed by atoms with van der Waals surface area (Å²) in [5, 5.41) is 2.18. The number of fused-ring (bicyclic) bond motifs is 6. The third-order valence-corrected chi connectivity index (χ3v) is 11.4. The van der Waals surface area contributed by atoms with Crippen molar-refractivity contribution in [1.29, 1.82) is 0 Å². The molecule has 0 spiro atoms. The molecule has 9 aromatic carbocycles. The highest BCUT2D eigenvalue weighted by molar-refractivity contribution is 6.10. The van der Waals surface area contributed by atoms with Crippen LogP contribution < -0.4 is 0 Å². The number of para-hydroxylation sites is 5. The molecule has 3 heterocycles. The molecule has 62 heavy (non-hydrogen) atoms. The summed E-state index contributed by atoms with van der Waals surface area (Å²) in [5.41, 5.74) is 10.3. The van der Waals surface area contributed by atoms with Crippen molar-refractivity contribution in [1.82, 2.24) is 19.5 Å². The molecule has 0 aliphatic carbocycles. The molecule has 0 bridgehead atoms. The molecule has 12 aromatic rings. The molecule has 0 aliphatic heterocycles. The lowest BCUT2D eigenvalue weighted by Crippen LogP contribution is -2.03. The van der Waals surface area contributed by atoms with Crippen LogP contribution in [-0.4, -0.2) is 19.5 Å². The molecular formula is C57H36N4O. The van der Waals surface area contributed by atoms with E-state index >= 15 is 0 Å². The predicted molar refractivity (Wildman–Crippen MR) is 254 cm³/mol. The summed E-state index contributed by atoms with van der Waals surface area (Å²) in [5.74, 6) is 1.03. The van der Waals surface area contributed by atoms with Crippen molar-refractivity contribution in [2.45, 2.75) is 0 Å². The summed E-state index contributed by atoms with van der Waals surface area (Å²) < 4.78 is 70.2. The standard InChI is InChI=1S/C57H36N4O/c1-2-14-37(15-3-1)38-28-30-39(31-29-38)40-32-34-41(35-33-40)55-58-56(43-17-12-16-42(36-43)44-22-13-23-48-47-20-7-11-27-53(47)62-54(44)48)60-57(59-55)49-21-6-10-26-52(49)61-50-24-8-4-18-45(50)46-19-5-9-25-51(46)61/h1-36H/i4D,5D,8D,18D,19D,24D,25D. The second-order valence-corrected chi connectivity index (χ2v) is 15.0. The Morgan fingerprint density at radius 3 is 1.73 bits per heavy atom. The summed E-state index contributed by atoms with van der Waals surface area (Å²) >= 11 is 0. The summed E-state index contributed by atoms with van der Waals surface area (Å²) in [6.07, 6.45) is 0. The first kappa shape index (κ1) is 28.9. The van der Waals surface area contributed by atoms with E-state index in [1.54, 1.807) is 16.7 Å². The maximum atomic E-state index is 9.18. The Balaban J connectivity index is 1.05. The van der Waals surface area contributed by atoms with Crippen LogP contribution >= 0.6 is 0 Å². The predicted octanol–water partition coefficient (Wildman–Crippen LogP) is 14.9. The number of hydrogen-bond acceptors (Lipinski definition) is 4. The first-order valence-electron chi connectivity index (χ1n) is 23.8. The van der Waals surface area contributed by atoms with Crippen LogP contribution in [0.15, 0.2) is 223 Å². The van der Waals surface area contributed by atoms with Crippen LogP contribution in [0.2, 0.25) is 0 Å². The van der Waals surface area contributed by atoms with Crippen LogP contribution in [0.25, 0.3) is 117 Å². The highest BCUT2D eigenvalue weighted by atomic mass is 16.3. The van der Waals surface area contributed by atoms with Gasteiger partial charge in [0.05, 0.1) is 26.3 Å². The van der Waals surface area contributed by atoms with Crippen LogP contribution in [0, 0.1) is 0 Å². The summed E-state index contributed by atoms with van der Waals surface area (Å²) in [6, 6.07) is 55.1. The van der Waals surface area contributed by atoms with E-state index in [2.05, 4.69) is 48.5 Å². The van der Waals surface area contributed by atoms with Gasteiger partial charge in [-0.2, -0.15) is 0 Å². The fraction of sp³-hybridized carbons (Fsp3) is 0. The van der Waals surface area contributed by atoms with Crippen molar-refractivity contribution < 1.29 is 14.0 Å². The second-order valence-electron chi connectivity index (χ2n) is 15.0. The van der Waals surface area contributed by atoms with Crippen molar-refractivity contribution in [3.05, 3.63) is 218 Å². The number of aromatic nitrogens is 4. The van der Waals surface area contributed by atoms with Crippen molar-refractivity contribution in [2.24, 2.45) is 0 Å². The molecule has 5 heteroatoms. The average Bonchev–Trinajstić information content (AvgIpc) is 3.97. The molecule has 0 N–H and O–H groups in total. The van der Waals surface area contributed by atoms with E-state index in [1.165, 1.54) is 6.07 Å². The van der Waals surface area contributed by atoms with Gasteiger partial charge in [-0.3, -0.25) is 0 Å². The molecule has 0 amide bonds. The van der Waals surface area contributed by atoms with Gasteiger partial charge in [-0.15, -0.1) is 0 Å². The fourth-order valence-corrected chi connectivity index (χ4v) is 8.42. The third kappa shape index (κ3) is 6.06. The monoisotopic (exact) mass is 799 g/mol. The van der Waals surface area contributed by atoms with Crippen LogP contribution in [0.4, 0.5) is 0 Å². The van der Waals surface area contributed by atoms with Crippen LogP contribution in [0.3, 0.4) is 0 Å². The van der Waals surface area contributed by atoms with E-state index in [1.807, 2.05) is 109 Å². The Hall–Kier alpha value is -8.41. The highest BCUT2D eigenvalue weighted by Crippen LogP contribution is 2.39. The quantitative estimate of drug-likeness (QED) is 0.161. The zero-order chi connectivity index (χ0) is 47.1. The van der Waals surface area contributed by atoms with E-state index in [0.717, 1.165) is 60.9 Å². The minimum atomic E-state index is -0.470. The van der Waals surface area contributed by atoms with Crippen molar-refractivity contribution in [2.75, 3.05) is 0 Å². The fourth-order valence-electron chi connectivity index (χ4n) is 8.42. The SMILES string of the molecule is [2H]c1cc([2H])c2c(c1[2H])c1c([2H])c([2H])c([2H])c([2H])c1n2-c1ccccc1-c1nc(-c2ccc(-c3ccc(-c4ccccc4)cc3)cc2)nc(-c2cccc(-c3cccc4c3oc3ccccc34)c2)n1. The smallest absolute Gasteiger partial charge is 0.166 e. The minimum Gasteiger partial charge on any atom is -0.455 e. The summed E-state index contributed by atoms with van der Waals surface area (Å²) in [4.78, 5) is 15.4. The molecular weight excluding hydrogens is 757 g/mol. The highest BCUT2D eigenvalue weighted by Gasteiger charge is 2.20. The van der Waals surface area contributed by atoms with Gasteiger partial charge in [0.1, 0.15) is 11.2 Å². The van der Waals surface area contributed by atoms with Crippen LogP contribution in [0.1, 0.15) is 9.60 Å². The van der Waals surface area contributed by atoms with Gasteiger partial charge < -0.3 is 8.98 Å². The van der Waals surface area contributed by atoms with Crippen molar-refractivity contribution in [3.63, 3.8) is 0 Å². The molecule has 0 saturated carbocycles. The molecule has 0 atom stereocenters. The van der Waals surface area contributed by atoms with E-state index in [4.69, 9.17) is 27.6 Å². The molecule has 0 fully saturated rings. The zero-order valence-corrected chi connectivity index (χ0v) is 32.9. The van der Waals surface area contributed by atoms with Gasteiger partial charge in [0.25, 0.3) is 0 Å². The molecule has 12 rings (SSSR count). The Labute approximate surface area is 367 Å². The zero-order valence-electron chi connectivity index (χ0n) is 39.9. The molecule has 0 unspecified atom stereocenters. The number of nitrogens with zero attached hydrogens (tertiary/aromatic N) is 4. The second kappa shape index (κ2) is 14.7. The molecule has 5 nitrogen and oxygen atoms in total. The van der Waals surface area contributed by atoms with Gasteiger partial charge in [-0.25, -0.2) is 15.0 Å². The van der Waals surface area contributed by atoms with E-state index in [-0.39, 0.29) is 57.8 Å². The normalized spacial score (nSPS) is 13.1. The third-order valence-electron chi connectivity index (χ3n) is 11.4. The maximum Gasteiger partial charge on any atom is 0.166 e. The number of benzene rings is 9. The minimum absolute atomic E-state index is 0.0570. The molecule has 0 radical (unpaired) electrons. The molecule has 0 saturated heterocycles. The van der Waals surface area contributed by atoms with Gasteiger partial charge in [0.15, 0.2) is 17.5 Å². The van der Waals surface area contributed by atoms with E-state index < -0.39 is 12.1 Å². The van der Waals surface area contributed by atoms with Crippen molar-refractivity contribution >= 4 is 43.7 Å². The van der Waals surface area contributed by atoms with Gasteiger partial charge in [0, 0.05) is 43.8 Å². The first-order valence-corrected chi connectivity index (χ1v) is 20.3. The Kier molecular flexibility index (Phi) is 6.86. The van der Waals surface area contributed by atoms with Gasteiger partial charge in [-0.1, -0.05) is 182 Å². The molecule has 0 aliphatic rings. The largest absolute Gasteiger partial charge is 0.455 e. The lowest BCUT2D eigenvalue weighted by Gasteiger charge is -2.15. The lowest BCUT2D eigenvalue weighted by molar-refractivity contribution is 0.670. The lowest BCUT2D eigenvalue weighted by atomic mass is 9.99. The maximum absolute atomic E-state index is 9.18. The van der Waals surface area contributed by atoms with Crippen molar-refractivity contribution in [3.8, 4) is 73.2 Å². The Morgan fingerprint density at radius 2 is 0.919 bits per heavy atom. The number of hydrogen-bond donors (Lipinski definition) is 0.